The van der Waals surface area contributed by atoms with Gasteiger partial charge in [-0.05, 0) is 36.3 Å². The monoisotopic (exact) mass is 246 g/mol. The Morgan fingerprint density at radius 2 is 2.11 bits per heavy atom. The summed E-state index contributed by atoms with van der Waals surface area (Å²) < 4.78 is 5.84. The maximum absolute atomic E-state index is 5.84. The molecule has 0 saturated carbocycles. The molecule has 3 nitrogen and oxygen atoms in total. The first-order valence-electron chi connectivity index (χ1n) is 6.91. The van der Waals surface area contributed by atoms with E-state index in [1.807, 2.05) is 6.20 Å². The Labute approximate surface area is 109 Å². The van der Waals surface area contributed by atoms with E-state index in [4.69, 9.17) is 4.74 Å². The largest absolute Gasteiger partial charge is 0.373 e. The zero-order valence-electron chi connectivity index (χ0n) is 11.4. The van der Waals surface area contributed by atoms with Crippen molar-refractivity contribution in [1.82, 2.24) is 4.98 Å². The fraction of sp³-hybridized carbons (Fsp3) is 0.667. The molecule has 3 rings (SSSR count). The van der Waals surface area contributed by atoms with E-state index in [2.05, 4.69) is 43.2 Å². The minimum Gasteiger partial charge on any atom is -0.373 e. The number of anilines is 1. The van der Waals surface area contributed by atoms with E-state index in [1.165, 1.54) is 18.4 Å². The third-order valence-corrected chi connectivity index (χ3v) is 4.07. The van der Waals surface area contributed by atoms with Crippen molar-refractivity contribution in [3.8, 4) is 0 Å². The Morgan fingerprint density at radius 1 is 1.28 bits per heavy atom. The summed E-state index contributed by atoms with van der Waals surface area (Å²) in [7, 11) is 0. The lowest BCUT2D eigenvalue weighted by Crippen LogP contribution is -2.30. The van der Waals surface area contributed by atoms with Crippen molar-refractivity contribution < 1.29 is 4.74 Å². The topological polar surface area (TPSA) is 34.1 Å². The van der Waals surface area contributed by atoms with Crippen LogP contribution in [0, 0.1) is 0 Å². The molecule has 0 spiro atoms. The molecule has 3 atom stereocenters. The van der Waals surface area contributed by atoms with E-state index in [1.54, 1.807) is 0 Å². The number of hydrogen-bond acceptors (Lipinski definition) is 3. The fourth-order valence-electron chi connectivity index (χ4n) is 2.90. The van der Waals surface area contributed by atoms with Crippen LogP contribution < -0.4 is 5.32 Å². The van der Waals surface area contributed by atoms with Gasteiger partial charge in [-0.25, -0.2) is 4.98 Å². The summed E-state index contributed by atoms with van der Waals surface area (Å²) in [6.45, 7) is 6.63. The molecule has 2 aliphatic heterocycles. The summed E-state index contributed by atoms with van der Waals surface area (Å²) in [4.78, 5) is 4.53. The highest BCUT2D eigenvalue weighted by atomic mass is 16.5. The second-order valence-electron chi connectivity index (χ2n) is 6.54. The molecule has 0 aromatic carbocycles. The molecular weight excluding hydrogens is 224 g/mol. The number of ether oxygens (including phenoxy) is 1. The zero-order chi connectivity index (χ0) is 12.8. The molecule has 3 heterocycles. The summed E-state index contributed by atoms with van der Waals surface area (Å²) in [5.41, 5.74) is 1.44. The standard InChI is InChI=1S/C15H22N2O/c1-15(2,3)10-4-7-14(16-9-10)17-12-8-11-5-6-13(12)18-11/h4,7,9,11-13H,5-6,8H2,1-3H3,(H,16,17). The summed E-state index contributed by atoms with van der Waals surface area (Å²) in [6, 6.07) is 4.72. The molecular formula is C15H22N2O. The number of rotatable bonds is 2. The first-order valence-corrected chi connectivity index (χ1v) is 6.91. The van der Waals surface area contributed by atoms with Gasteiger partial charge in [0.1, 0.15) is 5.82 Å². The van der Waals surface area contributed by atoms with Gasteiger partial charge in [-0.2, -0.15) is 0 Å². The van der Waals surface area contributed by atoms with Crippen LogP contribution in [-0.4, -0.2) is 23.2 Å². The highest BCUT2D eigenvalue weighted by Crippen LogP contribution is 2.35. The van der Waals surface area contributed by atoms with Crippen LogP contribution in [0.1, 0.15) is 45.6 Å². The minimum absolute atomic E-state index is 0.168. The maximum Gasteiger partial charge on any atom is 0.126 e. The normalized spacial score (nSPS) is 30.7. The first-order chi connectivity index (χ1) is 8.52. The molecule has 2 saturated heterocycles. The SMILES string of the molecule is CC(C)(C)c1ccc(NC2CC3CCC2O3)nc1. The van der Waals surface area contributed by atoms with Gasteiger partial charge in [0, 0.05) is 6.20 Å². The second-order valence-corrected chi connectivity index (χ2v) is 6.54. The molecule has 0 radical (unpaired) electrons. The van der Waals surface area contributed by atoms with Crippen LogP contribution in [-0.2, 0) is 10.2 Å². The number of nitrogens with zero attached hydrogens (tertiary/aromatic N) is 1. The Balaban J connectivity index is 1.67. The average molecular weight is 246 g/mol. The van der Waals surface area contributed by atoms with Gasteiger partial charge in [0.2, 0.25) is 0 Å². The molecule has 3 unspecified atom stereocenters. The molecule has 2 fully saturated rings. The minimum atomic E-state index is 0.168. The lowest BCUT2D eigenvalue weighted by atomic mass is 9.88. The summed E-state index contributed by atoms with van der Waals surface area (Å²) in [5, 5.41) is 3.51. The third kappa shape index (κ3) is 2.24. The van der Waals surface area contributed by atoms with Crippen LogP contribution in [0.2, 0.25) is 0 Å². The van der Waals surface area contributed by atoms with Gasteiger partial charge in [0.25, 0.3) is 0 Å². The lowest BCUT2D eigenvalue weighted by molar-refractivity contribution is 0.102. The summed E-state index contributed by atoms with van der Waals surface area (Å²) >= 11 is 0. The maximum atomic E-state index is 5.84. The van der Waals surface area contributed by atoms with Crippen LogP contribution in [0.25, 0.3) is 0 Å². The van der Waals surface area contributed by atoms with Gasteiger partial charge >= 0.3 is 0 Å². The highest BCUT2D eigenvalue weighted by molar-refractivity contribution is 5.39. The van der Waals surface area contributed by atoms with Gasteiger partial charge < -0.3 is 10.1 Å². The zero-order valence-corrected chi connectivity index (χ0v) is 11.4. The first kappa shape index (κ1) is 12.0. The van der Waals surface area contributed by atoms with Gasteiger partial charge in [0.05, 0.1) is 18.2 Å². The van der Waals surface area contributed by atoms with E-state index >= 15 is 0 Å². The van der Waals surface area contributed by atoms with Crippen LogP contribution in [0.15, 0.2) is 18.3 Å². The van der Waals surface area contributed by atoms with Crippen LogP contribution >= 0.6 is 0 Å². The van der Waals surface area contributed by atoms with Crippen molar-refractivity contribution in [2.45, 2.75) is 63.7 Å². The average Bonchev–Trinajstić information content (AvgIpc) is 2.90. The van der Waals surface area contributed by atoms with Gasteiger partial charge in [-0.15, -0.1) is 0 Å². The smallest absolute Gasteiger partial charge is 0.126 e. The molecule has 3 heteroatoms. The van der Waals surface area contributed by atoms with Gasteiger partial charge in [0.15, 0.2) is 0 Å². The Hall–Kier alpha value is -1.09. The Kier molecular flexibility index (Phi) is 2.81. The van der Waals surface area contributed by atoms with Crippen molar-refractivity contribution >= 4 is 5.82 Å². The van der Waals surface area contributed by atoms with Crippen molar-refractivity contribution in [2.24, 2.45) is 0 Å². The van der Waals surface area contributed by atoms with Crippen molar-refractivity contribution in [3.05, 3.63) is 23.9 Å². The van der Waals surface area contributed by atoms with Crippen molar-refractivity contribution in [3.63, 3.8) is 0 Å². The van der Waals surface area contributed by atoms with E-state index in [0.29, 0.717) is 18.2 Å². The second kappa shape index (κ2) is 4.23. The fourth-order valence-corrected chi connectivity index (χ4v) is 2.90. The van der Waals surface area contributed by atoms with E-state index in [9.17, 15) is 0 Å². The van der Waals surface area contributed by atoms with E-state index in [-0.39, 0.29) is 5.41 Å². The molecule has 1 aromatic rings. The van der Waals surface area contributed by atoms with E-state index in [0.717, 1.165) is 12.2 Å². The van der Waals surface area contributed by atoms with Gasteiger partial charge in [-0.1, -0.05) is 26.8 Å². The van der Waals surface area contributed by atoms with Crippen LogP contribution in [0.5, 0.6) is 0 Å². The predicted molar refractivity (Wildman–Crippen MR) is 72.9 cm³/mol. The molecule has 0 amide bonds. The highest BCUT2D eigenvalue weighted by Gasteiger charge is 2.40. The lowest BCUT2D eigenvalue weighted by Gasteiger charge is -2.22. The third-order valence-electron chi connectivity index (χ3n) is 4.07. The molecule has 2 aliphatic rings. The quantitative estimate of drug-likeness (QED) is 0.870. The summed E-state index contributed by atoms with van der Waals surface area (Å²) in [5.74, 6) is 0.976. The summed E-state index contributed by atoms with van der Waals surface area (Å²) in [6.07, 6.45) is 6.44. The number of pyridine rings is 1. The van der Waals surface area contributed by atoms with Crippen LogP contribution in [0.4, 0.5) is 5.82 Å². The molecule has 0 aliphatic carbocycles. The Bertz CT molecular complexity index is 421. The predicted octanol–water partition coefficient (Wildman–Crippen LogP) is 3.11. The molecule has 98 valence electrons. The molecule has 1 N–H and O–H groups in total. The molecule has 1 aromatic heterocycles. The van der Waals surface area contributed by atoms with Gasteiger partial charge in [-0.3, -0.25) is 0 Å². The number of aromatic nitrogens is 1. The van der Waals surface area contributed by atoms with Crippen LogP contribution in [0.3, 0.4) is 0 Å². The van der Waals surface area contributed by atoms with Crippen molar-refractivity contribution in [2.75, 3.05) is 5.32 Å². The number of nitrogens with one attached hydrogen (secondary N) is 1. The number of fused-ring (bicyclic) bond motifs is 2. The Morgan fingerprint density at radius 3 is 2.61 bits per heavy atom. The molecule has 2 bridgehead atoms. The number of hydrogen-bond donors (Lipinski definition) is 1. The van der Waals surface area contributed by atoms with Crippen molar-refractivity contribution in [1.29, 1.82) is 0 Å². The van der Waals surface area contributed by atoms with E-state index < -0.39 is 0 Å². The molecule has 18 heavy (non-hydrogen) atoms.